The third-order valence-corrected chi connectivity index (χ3v) is 5.03. The van der Waals surface area contributed by atoms with Gasteiger partial charge >= 0.3 is 0 Å². The zero-order valence-corrected chi connectivity index (χ0v) is 14.8. The van der Waals surface area contributed by atoms with Crippen LogP contribution in [-0.4, -0.2) is 51.3 Å². The first-order valence-electron chi connectivity index (χ1n) is 8.51. The molecule has 0 spiro atoms. The van der Waals surface area contributed by atoms with Crippen LogP contribution < -0.4 is 4.90 Å². The number of hydrogen-bond donors (Lipinski definition) is 0. The highest BCUT2D eigenvalue weighted by molar-refractivity contribution is 7.09. The summed E-state index contributed by atoms with van der Waals surface area (Å²) < 4.78 is 4.36. The van der Waals surface area contributed by atoms with Crippen LogP contribution >= 0.6 is 11.5 Å². The minimum Gasteiger partial charge on any atom is -0.345 e. The maximum absolute atomic E-state index is 12.5. The molecule has 1 saturated heterocycles. The molecule has 3 heterocycles. The fraction of sp³-hybridized carbons (Fsp3) is 0.529. The lowest BCUT2D eigenvalue weighted by atomic mass is 10.2. The molecule has 0 aliphatic carbocycles. The molecule has 0 N–H and O–H groups in total. The maximum atomic E-state index is 12.5. The van der Waals surface area contributed by atoms with E-state index in [1.54, 1.807) is 6.20 Å². The van der Waals surface area contributed by atoms with Gasteiger partial charge in [-0.2, -0.15) is 4.37 Å². The van der Waals surface area contributed by atoms with Crippen LogP contribution in [0.5, 0.6) is 0 Å². The number of pyridine rings is 1. The second kappa shape index (κ2) is 8.19. The Labute approximate surface area is 146 Å². The van der Waals surface area contributed by atoms with Gasteiger partial charge in [0.1, 0.15) is 5.82 Å². The van der Waals surface area contributed by atoms with Gasteiger partial charge in [0.15, 0.2) is 0 Å². The summed E-state index contributed by atoms with van der Waals surface area (Å²) in [7, 11) is 0. The zero-order chi connectivity index (χ0) is 16.8. The maximum Gasteiger partial charge on any atom is 0.223 e. The molecule has 2 aromatic heterocycles. The molecule has 0 saturated carbocycles. The smallest absolute Gasteiger partial charge is 0.223 e. The first kappa shape index (κ1) is 16.8. The minimum atomic E-state index is 0.217. The van der Waals surface area contributed by atoms with Crippen molar-refractivity contribution < 1.29 is 4.79 Å². The SMILES string of the molecule is CCc1nsc(N2CCCN(C(=O)CCc3ccccn3)CC2)n1. The molecule has 1 amide bonds. The monoisotopic (exact) mass is 345 g/mol. The van der Waals surface area contributed by atoms with Crippen molar-refractivity contribution in [2.45, 2.75) is 32.6 Å². The number of hydrogen-bond acceptors (Lipinski definition) is 6. The summed E-state index contributed by atoms with van der Waals surface area (Å²) in [6.07, 6.45) is 4.83. The molecule has 24 heavy (non-hydrogen) atoms. The van der Waals surface area contributed by atoms with Crippen molar-refractivity contribution in [1.29, 1.82) is 0 Å². The number of carbonyl (C=O) groups excluding carboxylic acids is 1. The molecule has 0 unspecified atom stereocenters. The molecule has 0 aromatic carbocycles. The highest BCUT2D eigenvalue weighted by Crippen LogP contribution is 2.19. The van der Waals surface area contributed by atoms with E-state index < -0.39 is 0 Å². The van der Waals surface area contributed by atoms with E-state index in [2.05, 4.69) is 26.2 Å². The number of carbonyl (C=O) groups is 1. The molecule has 1 aliphatic heterocycles. The van der Waals surface area contributed by atoms with Crippen molar-refractivity contribution in [3.8, 4) is 0 Å². The van der Waals surface area contributed by atoms with Gasteiger partial charge in [-0.3, -0.25) is 9.78 Å². The van der Waals surface area contributed by atoms with Gasteiger partial charge in [0, 0.05) is 62.4 Å². The molecule has 1 fully saturated rings. The first-order chi connectivity index (χ1) is 11.8. The quantitative estimate of drug-likeness (QED) is 0.831. The van der Waals surface area contributed by atoms with E-state index in [-0.39, 0.29) is 5.91 Å². The Morgan fingerprint density at radius 1 is 1.25 bits per heavy atom. The van der Waals surface area contributed by atoms with Crippen LogP contribution in [-0.2, 0) is 17.6 Å². The normalized spacial score (nSPS) is 15.4. The molecule has 7 heteroatoms. The molecule has 0 atom stereocenters. The Hall–Kier alpha value is -2.02. The van der Waals surface area contributed by atoms with Gasteiger partial charge in [0.25, 0.3) is 0 Å². The largest absolute Gasteiger partial charge is 0.345 e. The van der Waals surface area contributed by atoms with E-state index >= 15 is 0 Å². The summed E-state index contributed by atoms with van der Waals surface area (Å²) in [6.45, 7) is 5.39. The fourth-order valence-corrected chi connectivity index (χ4v) is 3.62. The van der Waals surface area contributed by atoms with Gasteiger partial charge in [-0.05, 0) is 25.0 Å². The van der Waals surface area contributed by atoms with Gasteiger partial charge in [0.2, 0.25) is 11.0 Å². The average Bonchev–Trinajstić information content (AvgIpc) is 2.97. The molecular formula is C17H23N5OS. The summed E-state index contributed by atoms with van der Waals surface area (Å²) in [5.74, 6) is 1.12. The van der Waals surface area contributed by atoms with Crippen molar-refractivity contribution in [2.75, 3.05) is 31.1 Å². The van der Waals surface area contributed by atoms with Gasteiger partial charge < -0.3 is 9.80 Å². The second-order valence-corrected chi connectivity index (χ2v) is 6.62. The van der Waals surface area contributed by atoms with Crippen molar-refractivity contribution >= 4 is 22.6 Å². The second-order valence-electron chi connectivity index (χ2n) is 5.89. The predicted octanol–water partition coefficient (Wildman–Crippen LogP) is 2.17. The van der Waals surface area contributed by atoms with E-state index in [0.717, 1.165) is 55.7 Å². The van der Waals surface area contributed by atoms with Crippen molar-refractivity contribution in [1.82, 2.24) is 19.2 Å². The highest BCUT2D eigenvalue weighted by Gasteiger charge is 2.21. The number of anilines is 1. The van der Waals surface area contributed by atoms with Gasteiger partial charge in [0.05, 0.1) is 0 Å². The average molecular weight is 345 g/mol. The molecule has 0 bridgehead atoms. The number of amides is 1. The Kier molecular flexibility index (Phi) is 5.74. The minimum absolute atomic E-state index is 0.217. The Balaban J connectivity index is 1.52. The zero-order valence-electron chi connectivity index (χ0n) is 14.0. The molecular weight excluding hydrogens is 322 g/mol. The summed E-state index contributed by atoms with van der Waals surface area (Å²) in [5, 5.41) is 0.981. The first-order valence-corrected chi connectivity index (χ1v) is 9.29. The van der Waals surface area contributed by atoms with E-state index in [4.69, 9.17) is 0 Å². The summed E-state index contributed by atoms with van der Waals surface area (Å²) in [6, 6.07) is 5.83. The topological polar surface area (TPSA) is 62.2 Å². The van der Waals surface area contributed by atoms with E-state index in [1.165, 1.54) is 11.5 Å². The number of nitrogens with zero attached hydrogens (tertiary/aromatic N) is 5. The van der Waals surface area contributed by atoms with Crippen LogP contribution in [0.1, 0.15) is 31.3 Å². The van der Waals surface area contributed by atoms with Crippen LogP contribution in [0.3, 0.4) is 0 Å². The lowest BCUT2D eigenvalue weighted by molar-refractivity contribution is -0.130. The molecule has 6 nitrogen and oxygen atoms in total. The molecule has 0 radical (unpaired) electrons. The predicted molar refractivity (Wildman–Crippen MR) is 95.3 cm³/mol. The highest BCUT2D eigenvalue weighted by atomic mass is 32.1. The van der Waals surface area contributed by atoms with E-state index in [1.807, 2.05) is 23.1 Å². The Morgan fingerprint density at radius 2 is 2.17 bits per heavy atom. The third kappa shape index (κ3) is 4.29. The van der Waals surface area contributed by atoms with E-state index in [9.17, 15) is 4.79 Å². The molecule has 1 aliphatic rings. The van der Waals surface area contributed by atoms with Gasteiger partial charge in [-0.1, -0.05) is 13.0 Å². The van der Waals surface area contributed by atoms with Crippen molar-refractivity contribution in [3.63, 3.8) is 0 Å². The summed E-state index contributed by atoms with van der Waals surface area (Å²) in [5.41, 5.74) is 0.975. The Morgan fingerprint density at radius 3 is 2.92 bits per heavy atom. The number of aryl methyl sites for hydroxylation is 2. The fourth-order valence-electron chi connectivity index (χ4n) is 2.81. The lowest BCUT2D eigenvalue weighted by Gasteiger charge is -2.21. The van der Waals surface area contributed by atoms with Crippen LogP contribution in [0.4, 0.5) is 5.13 Å². The van der Waals surface area contributed by atoms with Crippen LogP contribution in [0.25, 0.3) is 0 Å². The third-order valence-electron chi connectivity index (χ3n) is 4.21. The van der Waals surface area contributed by atoms with Crippen LogP contribution in [0, 0.1) is 0 Å². The van der Waals surface area contributed by atoms with Crippen molar-refractivity contribution in [3.05, 3.63) is 35.9 Å². The van der Waals surface area contributed by atoms with E-state index in [0.29, 0.717) is 12.8 Å². The summed E-state index contributed by atoms with van der Waals surface area (Å²) >= 11 is 1.46. The Bertz CT molecular complexity index is 660. The molecule has 2 aromatic rings. The molecule has 3 rings (SSSR count). The standard InChI is InChI=1S/C17H23N5OS/c1-2-15-19-17(24-20-15)22-11-5-10-21(12-13-22)16(23)8-7-14-6-3-4-9-18-14/h3-4,6,9H,2,5,7-8,10-13H2,1H3. The lowest BCUT2D eigenvalue weighted by Crippen LogP contribution is -2.35. The van der Waals surface area contributed by atoms with Crippen molar-refractivity contribution in [2.24, 2.45) is 0 Å². The van der Waals surface area contributed by atoms with Gasteiger partial charge in [-0.15, -0.1) is 0 Å². The van der Waals surface area contributed by atoms with Gasteiger partial charge in [-0.25, -0.2) is 4.98 Å². The number of aromatic nitrogens is 3. The van der Waals surface area contributed by atoms with Crippen LogP contribution in [0.2, 0.25) is 0 Å². The van der Waals surface area contributed by atoms with Crippen LogP contribution in [0.15, 0.2) is 24.4 Å². The number of rotatable bonds is 5. The molecule has 128 valence electrons. The summed E-state index contributed by atoms with van der Waals surface area (Å²) in [4.78, 5) is 25.5.